The number of hydrogen-bond acceptors (Lipinski definition) is 6. The zero-order chi connectivity index (χ0) is 18.2. The van der Waals surface area contributed by atoms with Crippen LogP contribution in [0.3, 0.4) is 0 Å². The number of nitrogens with zero attached hydrogens (tertiary/aromatic N) is 2. The molecule has 0 spiro atoms. The minimum absolute atomic E-state index is 0.138. The van der Waals surface area contributed by atoms with Gasteiger partial charge in [0.2, 0.25) is 0 Å². The summed E-state index contributed by atoms with van der Waals surface area (Å²) in [5.74, 6) is -0.609. The van der Waals surface area contributed by atoms with E-state index in [1.54, 1.807) is 24.6 Å². The van der Waals surface area contributed by atoms with Crippen LogP contribution in [-0.2, 0) is 20.9 Å². The minimum Gasteiger partial charge on any atom is -0.468 e. The van der Waals surface area contributed by atoms with Gasteiger partial charge in [-0.3, -0.25) is 19.5 Å². The molecule has 138 valence electrons. The summed E-state index contributed by atoms with van der Waals surface area (Å²) in [5, 5.41) is 5.26. The Labute approximate surface area is 151 Å². The molecule has 0 saturated carbocycles. The standard InChI is InChI=1S/C18H22N4O4/c23-17(20-12-14-4-1-2-6-19-14)18(24)21-13-15(16-5-3-9-26-16)22-7-10-25-11-8-22/h1-6,9,15H,7-8,10-13H2,(H,20,23)(H,21,24)/t15-/m0/s1. The van der Waals surface area contributed by atoms with Crippen LogP contribution >= 0.6 is 0 Å². The van der Waals surface area contributed by atoms with E-state index in [2.05, 4.69) is 20.5 Å². The Morgan fingerprint density at radius 2 is 1.92 bits per heavy atom. The largest absolute Gasteiger partial charge is 0.468 e. The van der Waals surface area contributed by atoms with Crippen LogP contribution < -0.4 is 10.6 Å². The molecule has 26 heavy (non-hydrogen) atoms. The topological polar surface area (TPSA) is 96.7 Å². The van der Waals surface area contributed by atoms with Gasteiger partial charge < -0.3 is 19.8 Å². The van der Waals surface area contributed by atoms with E-state index in [1.807, 2.05) is 18.2 Å². The molecule has 0 unspecified atom stereocenters. The first-order valence-electron chi connectivity index (χ1n) is 8.55. The number of ether oxygens (including phenoxy) is 1. The van der Waals surface area contributed by atoms with Crippen molar-refractivity contribution in [2.75, 3.05) is 32.8 Å². The van der Waals surface area contributed by atoms with Crippen molar-refractivity contribution < 1.29 is 18.7 Å². The molecule has 2 N–H and O–H groups in total. The summed E-state index contributed by atoms with van der Waals surface area (Å²) < 4.78 is 10.9. The molecule has 8 nitrogen and oxygen atoms in total. The van der Waals surface area contributed by atoms with Gasteiger partial charge in [-0.25, -0.2) is 0 Å². The van der Waals surface area contributed by atoms with Gasteiger partial charge in [-0.1, -0.05) is 6.07 Å². The number of furan rings is 1. The Balaban J connectivity index is 1.52. The summed E-state index contributed by atoms with van der Waals surface area (Å²) >= 11 is 0. The molecular formula is C18H22N4O4. The second-order valence-electron chi connectivity index (χ2n) is 5.89. The number of carbonyl (C=O) groups excluding carboxylic acids is 2. The quantitative estimate of drug-likeness (QED) is 0.729. The first kappa shape index (κ1) is 18.1. The van der Waals surface area contributed by atoms with Gasteiger partial charge in [-0.15, -0.1) is 0 Å². The van der Waals surface area contributed by atoms with Crippen molar-refractivity contribution in [3.8, 4) is 0 Å². The van der Waals surface area contributed by atoms with Crippen LogP contribution in [0.1, 0.15) is 17.5 Å². The fourth-order valence-corrected chi connectivity index (χ4v) is 2.80. The third kappa shape index (κ3) is 4.90. The molecular weight excluding hydrogens is 336 g/mol. The summed E-state index contributed by atoms with van der Waals surface area (Å²) in [6.45, 7) is 3.24. The highest BCUT2D eigenvalue weighted by atomic mass is 16.5. The van der Waals surface area contributed by atoms with E-state index in [1.165, 1.54) is 0 Å². The minimum atomic E-state index is -0.684. The molecule has 1 aliphatic rings. The number of amides is 2. The summed E-state index contributed by atoms with van der Waals surface area (Å²) in [6, 6.07) is 8.94. The number of pyridine rings is 1. The molecule has 3 heterocycles. The second kappa shape index (κ2) is 9.12. The van der Waals surface area contributed by atoms with Crippen LogP contribution in [0.5, 0.6) is 0 Å². The lowest BCUT2D eigenvalue weighted by molar-refractivity contribution is -0.139. The van der Waals surface area contributed by atoms with Gasteiger partial charge in [-0.2, -0.15) is 0 Å². The van der Waals surface area contributed by atoms with Crippen molar-refractivity contribution in [3.63, 3.8) is 0 Å². The second-order valence-corrected chi connectivity index (χ2v) is 5.89. The molecule has 0 bridgehead atoms. The molecule has 1 aliphatic heterocycles. The molecule has 0 aromatic carbocycles. The zero-order valence-electron chi connectivity index (χ0n) is 14.4. The van der Waals surface area contributed by atoms with Crippen LogP contribution in [-0.4, -0.2) is 54.5 Å². The van der Waals surface area contributed by atoms with Gasteiger partial charge in [0, 0.05) is 25.8 Å². The maximum absolute atomic E-state index is 12.1. The molecule has 8 heteroatoms. The monoisotopic (exact) mass is 358 g/mol. The van der Waals surface area contributed by atoms with Gasteiger partial charge >= 0.3 is 11.8 Å². The Bertz CT molecular complexity index is 699. The SMILES string of the molecule is O=C(NCc1ccccn1)C(=O)NC[C@@H](c1ccco1)N1CCOCC1. The van der Waals surface area contributed by atoms with Crippen molar-refractivity contribution in [2.24, 2.45) is 0 Å². The number of aromatic nitrogens is 1. The Morgan fingerprint density at radius 3 is 2.62 bits per heavy atom. The lowest BCUT2D eigenvalue weighted by Gasteiger charge is -2.33. The van der Waals surface area contributed by atoms with E-state index in [4.69, 9.17) is 9.15 Å². The average Bonchev–Trinajstić information content (AvgIpc) is 3.22. The van der Waals surface area contributed by atoms with Gasteiger partial charge in [0.15, 0.2) is 0 Å². The van der Waals surface area contributed by atoms with Crippen molar-refractivity contribution in [3.05, 3.63) is 54.2 Å². The lowest BCUT2D eigenvalue weighted by atomic mass is 10.1. The van der Waals surface area contributed by atoms with Crippen molar-refractivity contribution in [2.45, 2.75) is 12.6 Å². The number of carbonyl (C=O) groups is 2. The Hall–Kier alpha value is -2.71. The van der Waals surface area contributed by atoms with Gasteiger partial charge in [-0.05, 0) is 24.3 Å². The normalized spacial score (nSPS) is 16.0. The molecule has 1 atom stereocenters. The van der Waals surface area contributed by atoms with E-state index in [0.717, 1.165) is 18.8 Å². The Morgan fingerprint density at radius 1 is 1.12 bits per heavy atom. The van der Waals surface area contributed by atoms with Crippen molar-refractivity contribution in [1.29, 1.82) is 0 Å². The van der Waals surface area contributed by atoms with Crippen LogP contribution in [0.2, 0.25) is 0 Å². The fourth-order valence-electron chi connectivity index (χ4n) is 2.80. The number of morpholine rings is 1. The van der Waals surface area contributed by atoms with Gasteiger partial charge in [0.05, 0.1) is 37.8 Å². The Kier molecular flexibility index (Phi) is 6.34. The van der Waals surface area contributed by atoms with E-state index in [-0.39, 0.29) is 19.1 Å². The highest BCUT2D eigenvalue weighted by Crippen LogP contribution is 2.21. The van der Waals surface area contributed by atoms with Crippen LogP contribution in [0, 0.1) is 0 Å². The predicted octanol–water partition coefficient (Wildman–Crippen LogP) is 0.480. The molecule has 2 amide bonds. The molecule has 2 aromatic heterocycles. The zero-order valence-corrected chi connectivity index (χ0v) is 14.4. The van der Waals surface area contributed by atoms with Gasteiger partial charge in [0.25, 0.3) is 0 Å². The smallest absolute Gasteiger partial charge is 0.309 e. The summed E-state index contributed by atoms with van der Waals surface area (Å²) in [4.78, 5) is 30.4. The van der Waals surface area contributed by atoms with Crippen LogP contribution in [0.25, 0.3) is 0 Å². The summed E-state index contributed by atoms with van der Waals surface area (Å²) in [7, 11) is 0. The van der Waals surface area contributed by atoms with E-state index in [0.29, 0.717) is 18.9 Å². The highest BCUT2D eigenvalue weighted by molar-refractivity contribution is 6.35. The summed E-state index contributed by atoms with van der Waals surface area (Å²) in [5.41, 5.74) is 0.690. The molecule has 3 rings (SSSR count). The van der Waals surface area contributed by atoms with E-state index in [9.17, 15) is 9.59 Å². The van der Waals surface area contributed by atoms with E-state index < -0.39 is 11.8 Å². The average molecular weight is 358 g/mol. The van der Waals surface area contributed by atoms with Crippen LogP contribution in [0.15, 0.2) is 47.2 Å². The molecule has 1 fully saturated rings. The highest BCUT2D eigenvalue weighted by Gasteiger charge is 2.26. The van der Waals surface area contributed by atoms with E-state index >= 15 is 0 Å². The fraction of sp³-hybridized carbons (Fsp3) is 0.389. The molecule has 0 radical (unpaired) electrons. The van der Waals surface area contributed by atoms with Crippen molar-refractivity contribution in [1.82, 2.24) is 20.5 Å². The molecule has 2 aromatic rings. The molecule has 1 saturated heterocycles. The summed E-state index contributed by atoms with van der Waals surface area (Å²) in [6.07, 6.45) is 3.24. The first-order valence-corrected chi connectivity index (χ1v) is 8.55. The third-order valence-electron chi connectivity index (χ3n) is 4.18. The number of hydrogen-bond donors (Lipinski definition) is 2. The van der Waals surface area contributed by atoms with Gasteiger partial charge in [0.1, 0.15) is 5.76 Å². The first-order chi connectivity index (χ1) is 12.7. The van der Waals surface area contributed by atoms with Crippen molar-refractivity contribution >= 4 is 11.8 Å². The number of rotatable bonds is 6. The maximum atomic E-state index is 12.1. The lowest BCUT2D eigenvalue weighted by Crippen LogP contribution is -2.46. The maximum Gasteiger partial charge on any atom is 0.309 e. The van der Waals surface area contributed by atoms with Crippen LogP contribution in [0.4, 0.5) is 0 Å². The predicted molar refractivity (Wildman–Crippen MR) is 92.9 cm³/mol. The molecule has 0 aliphatic carbocycles. The number of nitrogens with one attached hydrogen (secondary N) is 2. The third-order valence-corrected chi connectivity index (χ3v) is 4.18.